The predicted octanol–water partition coefficient (Wildman–Crippen LogP) is 3.90. The van der Waals surface area contributed by atoms with Crippen LogP contribution in [0, 0.1) is 11.8 Å². The van der Waals surface area contributed by atoms with Gasteiger partial charge in [-0.2, -0.15) is 0 Å². The van der Waals surface area contributed by atoms with Gasteiger partial charge in [-0.25, -0.2) is 18.0 Å². The van der Waals surface area contributed by atoms with E-state index in [0.717, 1.165) is 11.1 Å². The van der Waals surface area contributed by atoms with Crippen LogP contribution in [-0.2, 0) is 22.7 Å². The Kier molecular flexibility index (Phi) is 8.01. The number of alkyl halides is 4. The molecule has 6 unspecified atom stereocenters. The van der Waals surface area contributed by atoms with E-state index < -0.39 is 33.5 Å². The summed E-state index contributed by atoms with van der Waals surface area (Å²) in [5.41, 5.74) is 0.829. The van der Waals surface area contributed by atoms with Gasteiger partial charge < -0.3 is 20.5 Å². The van der Waals surface area contributed by atoms with Gasteiger partial charge in [0.1, 0.15) is 11.9 Å². The van der Waals surface area contributed by atoms with Gasteiger partial charge in [0.25, 0.3) is 5.91 Å². The Balaban J connectivity index is 1.48. The minimum atomic E-state index is -2.25. The van der Waals surface area contributed by atoms with Crippen LogP contribution in [0.3, 0.4) is 0 Å². The van der Waals surface area contributed by atoms with Crippen molar-refractivity contribution in [1.29, 1.82) is 0 Å². The third kappa shape index (κ3) is 5.42. The average molecular weight is 619 g/mol. The molecule has 4 N–H and O–H groups in total. The topological polar surface area (TPSA) is 99.7 Å². The number of phenolic OH excluding ortho intramolecular Hbond substituents is 1. The number of carbonyl (C=O) groups excluding carboxylic acids is 2. The highest BCUT2D eigenvalue weighted by molar-refractivity contribution is 14.1. The highest BCUT2D eigenvalue weighted by atomic mass is 127. The van der Waals surface area contributed by atoms with Gasteiger partial charge >= 0.3 is 6.03 Å². The fraction of sp³-hybridized carbons (Fsp3) is 0.520. The van der Waals surface area contributed by atoms with Crippen molar-refractivity contribution in [2.75, 3.05) is 13.7 Å². The fourth-order valence-corrected chi connectivity index (χ4v) is 6.18. The highest BCUT2D eigenvalue weighted by Gasteiger charge is 2.52. The maximum atomic E-state index is 14.6. The number of benzene rings is 1. The van der Waals surface area contributed by atoms with Crippen LogP contribution in [0.5, 0.6) is 5.75 Å². The van der Waals surface area contributed by atoms with E-state index in [9.17, 15) is 27.9 Å². The molecular weight excluding hydrogens is 590 g/mol. The van der Waals surface area contributed by atoms with Crippen LogP contribution in [0.2, 0.25) is 0 Å². The molecular formula is C25H29F3IN3O4. The van der Waals surface area contributed by atoms with E-state index in [-0.39, 0.29) is 37.0 Å². The van der Waals surface area contributed by atoms with E-state index in [2.05, 4.69) is 16.0 Å². The quantitative estimate of drug-likeness (QED) is 0.201. The van der Waals surface area contributed by atoms with E-state index in [4.69, 9.17) is 4.74 Å². The molecule has 1 aromatic carbocycles. The van der Waals surface area contributed by atoms with Crippen molar-refractivity contribution in [3.8, 4) is 5.75 Å². The summed E-state index contributed by atoms with van der Waals surface area (Å²) >= 11 is 1.36. The first-order chi connectivity index (χ1) is 17.1. The Morgan fingerprint density at radius 3 is 2.67 bits per heavy atom. The molecule has 196 valence electrons. The van der Waals surface area contributed by atoms with Crippen LogP contribution in [0.25, 0.3) is 0 Å². The van der Waals surface area contributed by atoms with Crippen molar-refractivity contribution in [3.05, 3.63) is 53.1 Å². The number of carbonyl (C=O) groups is 2. The number of imide groups is 1. The minimum absolute atomic E-state index is 0.0638. The number of allylic oxidation sites excluding steroid dienone is 2. The number of nitrogens with one attached hydrogen (secondary N) is 3. The zero-order chi connectivity index (χ0) is 26.1. The summed E-state index contributed by atoms with van der Waals surface area (Å²) in [7, 11) is 1.57. The molecule has 1 aliphatic heterocycles. The van der Waals surface area contributed by atoms with Gasteiger partial charge in [0, 0.05) is 20.2 Å². The summed E-state index contributed by atoms with van der Waals surface area (Å²) in [5, 5.41) is 18.1. The maximum absolute atomic E-state index is 14.6. The number of amides is 3. The highest BCUT2D eigenvalue weighted by Crippen LogP contribution is 2.47. The molecule has 3 amide bonds. The SMILES string of the molecule is COCc1ccc(O)cc1CNCC1(C2=CCC(C3CC(F)C(F)C(F)(I)C3)C=C2)NC(=O)NC1=O. The van der Waals surface area contributed by atoms with E-state index in [1.807, 2.05) is 0 Å². The minimum Gasteiger partial charge on any atom is -0.508 e. The van der Waals surface area contributed by atoms with E-state index in [0.29, 0.717) is 25.1 Å². The van der Waals surface area contributed by atoms with Crippen molar-refractivity contribution in [2.24, 2.45) is 11.8 Å². The summed E-state index contributed by atoms with van der Waals surface area (Å²) in [6.45, 7) is 0.709. The third-order valence-electron chi connectivity index (χ3n) is 7.15. The first-order valence-electron chi connectivity index (χ1n) is 11.7. The van der Waals surface area contributed by atoms with Gasteiger partial charge in [-0.05, 0) is 82.5 Å². The molecule has 2 fully saturated rings. The molecule has 4 rings (SSSR count). The van der Waals surface area contributed by atoms with Crippen molar-refractivity contribution in [1.82, 2.24) is 16.0 Å². The normalized spacial score (nSPS) is 34.3. The molecule has 3 aliphatic rings. The first-order valence-corrected chi connectivity index (χ1v) is 12.8. The third-order valence-corrected chi connectivity index (χ3v) is 8.19. The average Bonchev–Trinajstić information content (AvgIpc) is 3.12. The second-order valence-corrected chi connectivity index (χ2v) is 11.4. The summed E-state index contributed by atoms with van der Waals surface area (Å²) in [6.07, 6.45) is 1.54. The van der Waals surface area contributed by atoms with Crippen LogP contribution in [0.15, 0.2) is 42.0 Å². The summed E-state index contributed by atoms with van der Waals surface area (Å²) in [4.78, 5) is 25.0. The second-order valence-electron chi connectivity index (χ2n) is 9.60. The number of phenols is 1. The Morgan fingerprint density at radius 1 is 1.28 bits per heavy atom. The van der Waals surface area contributed by atoms with Crippen LogP contribution in [-0.4, -0.2) is 52.3 Å². The molecule has 1 saturated carbocycles. The van der Waals surface area contributed by atoms with E-state index >= 15 is 0 Å². The molecule has 0 bridgehead atoms. The number of hydrogen-bond donors (Lipinski definition) is 4. The summed E-state index contributed by atoms with van der Waals surface area (Å²) in [5.74, 6) is -1.01. The molecule has 1 saturated heterocycles. The van der Waals surface area contributed by atoms with Gasteiger partial charge in [0.2, 0.25) is 0 Å². The number of methoxy groups -OCH3 is 1. The lowest BCUT2D eigenvalue weighted by Gasteiger charge is -2.39. The Hall–Kier alpha value is -2.12. The molecule has 0 spiro atoms. The van der Waals surface area contributed by atoms with Gasteiger partial charge in [-0.3, -0.25) is 10.1 Å². The van der Waals surface area contributed by atoms with E-state index in [1.54, 1.807) is 43.5 Å². The number of halogens is 4. The van der Waals surface area contributed by atoms with Crippen LogP contribution < -0.4 is 16.0 Å². The molecule has 2 aliphatic carbocycles. The van der Waals surface area contributed by atoms with Gasteiger partial charge in [-0.15, -0.1) is 0 Å². The molecule has 11 heteroatoms. The van der Waals surface area contributed by atoms with Crippen molar-refractivity contribution in [2.45, 2.75) is 54.0 Å². The van der Waals surface area contributed by atoms with Gasteiger partial charge in [0.05, 0.1) is 6.61 Å². The monoisotopic (exact) mass is 619 g/mol. The van der Waals surface area contributed by atoms with Crippen LogP contribution in [0.1, 0.15) is 30.4 Å². The molecule has 0 aromatic heterocycles. The summed E-state index contributed by atoms with van der Waals surface area (Å²) in [6, 6.07) is 4.30. The van der Waals surface area contributed by atoms with Crippen LogP contribution in [0.4, 0.5) is 18.0 Å². The zero-order valence-corrected chi connectivity index (χ0v) is 21.9. The maximum Gasteiger partial charge on any atom is 0.322 e. The molecule has 1 aromatic rings. The number of aromatic hydroxyl groups is 1. The fourth-order valence-electron chi connectivity index (χ4n) is 5.23. The molecule has 0 radical (unpaired) electrons. The zero-order valence-electron chi connectivity index (χ0n) is 19.7. The lowest BCUT2D eigenvalue weighted by atomic mass is 9.73. The Morgan fingerprint density at radius 2 is 2.06 bits per heavy atom. The lowest BCUT2D eigenvalue weighted by Crippen LogP contribution is -2.55. The standard InChI is InChI=1S/C25H29F3IN3O4/c1-36-12-15-4-7-19(33)8-17(15)11-30-13-24(22(34)31-23(35)32-24)18-5-2-14(3-6-18)16-9-20(26)21(27)25(28,29)10-16/h2,4-8,14,16,20-21,30,33H,3,9-13H2,1H3,(H2,31,32,34,35). The van der Waals surface area contributed by atoms with Crippen molar-refractivity contribution in [3.63, 3.8) is 0 Å². The van der Waals surface area contributed by atoms with Crippen molar-refractivity contribution < 1.29 is 32.6 Å². The predicted molar refractivity (Wildman–Crippen MR) is 136 cm³/mol. The number of hydrogen-bond acceptors (Lipinski definition) is 5. The lowest BCUT2D eigenvalue weighted by molar-refractivity contribution is -0.122. The van der Waals surface area contributed by atoms with Gasteiger partial charge in [-0.1, -0.05) is 24.3 Å². The number of ether oxygens (including phenoxy) is 1. The molecule has 6 atom stereocenters. The first kappa shape index (κ1) is 26.9. The summed E-state index contributed by atoms with van der Waals surface area (Å²) < 4.78 is 45.6. The molecule has 7 nitrogen and oxygen atoms in total. The number of rotatable bonds is 8. The Bertz CT molecular complexity index is 1080. The van der Waals surface area contributed by atoms with Crippen molar-refractivity contribution >= 4 is 34.5 Å². The van der Waals surface area contributed by atoms with Gasteiger partial charge in [0.15, 0.2) is 15.4 Å². The second kappa shape index (κ2) is 10.7. The Labute approximate surface area is 221 Å². The number of urea groups is 1. The van der Waals surface area contributed by atoms with E-state index in [1.165, 1.54) is 22.6 Å². The largest absolute Gasteiger partial charge is 0.508 e. The van der Waals surface area contributed by atoms with Crippen LogP contribution >= 0.6 is 22.6 Å². The molecule has 36 heavy (non-hydrogen) atoms. The smallest absolute Gasteiger partial charge is 0.322 e. The molecule has 1 heterocycles.